The Morgan fingerprint density at radius 2 is 2.12 bits per heavy atom. The van der Waals surface area contributed by atoms with Gasteiger partial charge in [-0.15, -0.1) is 11.3 Å². The number of hydrogen-bond donors (Lipinski definition) is 1. The molecule has 1 N–H and O–H groups in total. The van der Waals surface area contributed by atoms with Gasteiger partial charge in [0, 0.05) is 44.7 Å². The maximum absolute atomic E-state index is 11.9. The van der Waals surface area contributed by atoms with Crippen LogP contribution in [0.1, 0.15) is 16.2 Å². The summed E-state index contributed by atoms with van der Waals surface area (Å²) in [4.78, 5) is 21.2. The van der Waals surface area contributed by atoms with Crippen molar-refractivity contribution < 1.29 is 9.21 Å². The zero-order valence-corrected chi connectivity index (χ0v) is 16.1. The molecule has 0 atom stereocenters. The first-order chi connectivity index (χ1) is 12.0. The smallest absolute Gasteiger partial charge is 0.243 e. The highest BCUT2D eigenvalue weighted by molar-refractivity contribution is 7.09. The first-order valence-electron chi connectivity index (χ1n) is 8.22. The first kappa shape index (κ1) is 19.1. The standard InChI is InChI=1S/C18H26N4O2S/c1-14-15(8-10-24-14)13-22(4)18(20-12-17(23)21(2)3)19-9-7-16-6-5-11-25-16/h5-6,8,10-11H,7,9,12-13H2,1-4H3,(H,19,20). The highest BCUT2D eigenvalue weighted by Crippen LogP contribution is 2.11. The summed E-state index contributed by atoms with van der Waals surface area (Å²) in [7, 11) is 5.43. The van der Waals surface area contributed by atoms with E-state index in [0.717, 1.165) is 24.3 Å². The predicted octanol–water partition coefficient (Wildman–Crippen LogP) is 2.36. The molecule has 0 radical (unpaired) electrons. The van der Waals surface area contributed by atoms with E-state index in [-0.39, 0.29) is 12.5 Å². The lowest BCUT2D eigenvalue weighted by Crippen LogP contribution is -2.40. The molecule has 0 unspecified atom stereocenters. The molecule has 0 saturated carbocycles. The molecule has 6 nitrogen and oxygen atoms in total. The van der Waals surface area contributed by atoms with Crippen LogP contribution in [0.15, 0.2) is 39.3 Å². The zero-order chi connectivity index (χ0) is 18.2. The predicted molar refractivity (Wildman–Crippen MR) is 102 cm³/mol. The van der Waals surface area contributed by atoms with Crippen LogP contribution in [0.3, 0.4) is 0 Å². The van der Waals surface area contributed by atoms with Gasteiger partial charge in [-0.05, 0) is 30.9 Å². The van der Waals surface area contributed by atoms with Gasteiger partial charge in [-0.2, -0.15) is 0 Å². The van der Waals surface area contributed by atoms with E-state index < -0.39 is 0 Å². The number of thiophene rings is 1. The van der Waals surface area contributed by atoms with Crippen molar-refractivity contribution in [1.29, 1.82) is 0 Å². The fourth-order valence-corrected chi connectivity index (χ4v) is 2.96. The van der Waals surface area contributed by atoms with E-state index in [9.17, 15) is 4.79 Å². The van der Waals surface area contributed by atoms with Crippen LogP contribution in [0.2, 0.25) is 0 Å². The van der Waals surface area contributed by atoms with Gasteiger partial charge >= 0.3 is 0 Å². The topological polar surface area (TPSA) is 61.1 Å². The van der Waals surface area contributed by atoms with E-state index in [2.05, 4.69) is 27.8 Å². The van der Waals surface area contributed by atoms with Crippen molar-refractivity contribution in [3.63, 3.8) is 0 Å². The van der Waals surface area contributed by atoms with E-state index in [1.54, 1.807) is 36.6 Å². The summed E-state index contributed by atoms with van der Waals surface area (Å²) >= 11 is 1.74. The second kappa shape index (κ2) is 9.27. The molecule has 0 saturated heterocycles. The summed E-state index contributed by atoms with van der Waals surface area (Å²) in [6.07, 6.45) is 2.62. The van der Waals surface area contributed by atoms with Crippen LogP contribution in [-0.4, -0.2) is 55.9 Å². The Balaban J connectivity index is 2.00. The highest BCUT2D eigenvalue weighted by Gasteiger charge is 2.12. The molecule has 2 aromatic heterocycles. The molecule has 0 spiro atoms. The number of hydrogen-bond acceptors (Lipinski definition) is 4. The van der Waals surface area contributed by atoms with Gasteiger partial charge in [-0.3, -0.25) is 4.79 Å². The summed E-state index contributed by atoms with van der Waals surface area (Å²) in [5, 5.41) is 5.44. The molecule has 0 aliphatic rings. The Labute approximate surface area is 153 Å². The zero-order valence-electron chi connectivity index (χ0n) is 15.3. The normalized spacial score (nSPS) is 11.4. The Morgan fingerprint density at radius 3 is 2.72 bits per heavy atom. The van der Waals surface area contributed by atoms with Crippen LogP contribution in [0.4, 0.5) is 0 Å². The van der Waals surface area contributed by atoms with Gasteiger partial charge in [-0.25, -0.2) is 4.99 Å². The molecular formula is C18H26N4O2S. The molecule has 7 heteroatoms. The molecular weight excluding hydrogens is 336 g/mol. The molecule has 1 amide bonds. The van der Waals surface area contributed by atoms with Gasteiger partial charge in [0.2, 0.25) is 5.91 Å². The molecule has 0 bridgehead atoms. The Kier molecular flexibility index (Phi) is 7.06. The second-order valence-corrected chi connectivity index (χ2v) is 7.07. The van der Waals surface area contributed by atoms with Gasteiger partial charge in [0.1, 0.15) is 12.3 Å². The number of likely N-dealkylation sites (N-methyl/N-ethyl adjacent to an activating group) is 1. The Bertz CT molecular complexity index is 692. The average molecular weight is 362 g/mol. The number of guanidine groups is 1. The maximum atomic E-state index is 11.9. The van der Waals surface area contributed by atoms with E-state index >= 15 is 0 Å². The summed E-state index contributed by atoms with van der Waals surface area (Å²) in [6.45, 7) is 3.51. The fraction of sp³-hybridized carbons (Fsp3) is 0.444. The molecule has 2 aromatic rings. The number of aliphatic imine (C=N–C) groups is 1. The second-order valence-electron chi connectivity index (χ2n) is 6.04. The fourth-order valence-electron chi connectivity index (χ4n) is 2.25. The third-order valence-electron chi connectivity index (χ3n) is 3.83. The number of furan rings is 1. The number of nitrogens with zero attached hydrogens (tertiary/aromatic N) is 3. The minimum absolute atomic E-state index is 0.0227. The maximum Gasteiger partial charge on any atom is 0.243 e. The summed E-state index contributed by atoms with van der Waals surface area (Å²) in [5.41, 5.74) is 1.11. The molecule has 2 heterocycles. The minimum Gasteiger partial charge on any atom is -0.469 e. The number of amides is 1. The van der Waals surface area contributed by atoms with Crippen LogP contribution < -0.4 is 5.32 Å². The number of carbonyl (C=O) groups excluding carboxylic acids is 1. The van der Waals surface area contributed by atoms with Crippen molar-refractivity contribution in [2.45, 2.75) is 19.9 Å². The lowest BCUT2D eigenvalue weighted by Gasteiger charge is -2.22. The van der Waals surface area contributed by atoms with Gasteiger partial charge in [-0.1, -0.05) is 6.07 Å². The number of rotatable bonds is 7. The Hall–Kier alpha value is -2.28. The molecule has 2 rings (SSSR count). The molecule has 0 fully saturated rings. The van der Waals surface area contributed by atoms with Crippen molar-refractivity contribution in [3.05, 3.63) is 46.0 Å². The third kappa shape index (κ3) is 5.94. The van der Waals surface area contributed by atoms with E-state index in [1.807, 2.05) is 24.9 Å². The lowest BCUT2D eigenvalue weighted by molar-refractivity contribution is -0.127. The van der Waals surface area contributed by atoms with Crippen LogP contribution in [0.25, 0.3) is 0 Å². The van der Waals surface area contributed by atoms with Gasteiger partial charge in [0.15, 0.2) is 5.96 Å². The molecule has 0 aliphatic carbocycles. The summed E-state index contributed by atoms with van der Waals surface area (Å²) in [5.74, 6) is 1.59. The van der Waals surface area contributed by atoms with Crippen LogP contribution in [0, 0.1) is 6.92 Å². The first-order valence-corrected chi connectivity index (χ1v) is 9.10. The van der Waals surface area contributed by atoms with Crippen molar-refractivity contribution in [2.75, 3.05) is 34.2 Å². The minimum atomic E-state index is -0.0227. The van der Waals surface area contributed by atoms with Crippen molar-refractivity contribution >= 4 is 23.2 Å². The van der Waals surface area contributed by atoms with Crippen LogP contribution >= 0.6 is 11.3 Å². The van der Waals surface area contributed by atoms with E-state index in [0.29, 0.717) is 12.5 Å². The van der Waals surface area contributed by atoms with Gasteiger partial charge in [0.05, 0.1) is 6.26 Å². The third-order valence-corrected chi connectivity index (χ3v) is 4.77. The number of carbonyl (C=O) groups is 1. The molecule has 0 aliphatic heterocycles. The number of nitrogens with one attached hydrogen (secondary N) is 1. The monoisotopic (exact) mass is 362 g/mol. The van der Waals surface area contributed by atoms with Crippen LogP contribution in [-0.2, 0) is 17.8 Å². The summed E-state index contributed by atoms with van der Waals surface area (Å²) in [6, 6.07) is 6.13. The quantitative estimate of drug-likeness (QED) is 0.607. The molecule has 0 aromatic carbocycles. The lowest BCUT2D eigenvalue weighted by atomic mass is 10.2. The van der Waals surface area contributed by atoms with Crippen LogP contribution in [0.5, 0.6) is 0 Å². The molecule has 136 valence electrons. The van der Waals surface area contributed by atoms with Gasteiger partial charge < -0.3 is 19.5 Å². The van der Waals surface area contributed by atoms with Crippen molar-refractivity contribution in [1.82, 2.24) is 15.1 Å². The van der Waals surface area contributed by atoms with Gasteiger partial charge in [0.25, 0.3) is 0 Å². The van der Waals surface area contributed by atoms with Crippen molar-refractivity contribution in [2.24, 2.45) is 4.99 Å². The highest BCUT2D eigenvalue weighted by atomic mass is 32.1. The Morgan fingerprint density at radius 1 is 1.32 bits per heavy atom. The van der Waals surface area contributed by atoms with Crippen molar-refractivity contribution in [3.8, 4) is 0 Å². The average Bonchev–Trinajstić information content (AvgIpc) is 3.22. The summed E-state index contributed by atoms with van der Waals surface area (Å²) < 4.78 is 5.36. The SMILES string of the molecule is Cc1occc1CN(C)C(=NCC(=O)N(C)C)NCCc1cccs1. The molecule has 25 heavy (non-hydrogen) atoms. The van der Waals surface area contributed by atoms with E-state index in [1.165, 1.54) is 4.88 Å². The number of aryl methyl sites for hydroxylation is 1. The van der Waals surface area contributed by atoms with E-state index in [4.69, 9.17) is 4.42 Å². The largest absolute Gasteiger partial charge is 0.469 e.